The maximum Gasteiger partial charge on any atom is 0.265 e. The van der Waals surface area contributed by atoms with E-state index in [1.165, 1.54) is 11.3 Å². The van der Waals surface area contributed by atoms with Crippen LogP contribution in [0.3, 0.4) is 0 Å². The lowest BCUT2D eigenvalue weighted by Gasteiger charge is -2.31. The summed E-state index contributed by atoms with van der Waals surface area (Å²) in [5.41, 5.74) is 8.30. The topological polar surface area (TPSA) is 59.2 Å². The Bertz CT molecular complexity index is 442. The maximum absolute atomic E-state index is 12.6. The van der Waals surface area contributed by atoms with Gasteiger partial charge in [-0.1, -0.05) is 20.8 Å². The van der Waals surface area contributed by atoms with Crippen molar-refractivity contribution < 1.29 is 4.79 Å². The summed E-state index contributed by atoms with van der Waals surface area (Å²) in [6.07, 6.45) is 2.04. The van der Waals surface area contributed by atoms with Gasteiger partial charge in [0.2, 0.25) is 0 Å². The second-order valence-electron chi connectivity index (χ2n) is 6.25. The zero-order chi connectivity index (χ0) is 14.0. The van der Waals surface area contributed by atoms with Crippen molar-refractivity contribution >= 4 is 17.2 Å². The molecule has 1 saturated heterocycles. The molecule has 2 rings (SSSR count). The van der Waals surface area contributed by atoms with Crippen LogP contribution in [0.2, 0.25) is 0 Å². The molecule has 1 aliphatic heterocycles. The zero-order valence-electron chi connectivity index (χ0n) is 12.0. The van der Waals surface area contributed by atoms with Gasteiger partial charge in [-0.3, -0.25) is 4.79 Å². The highest BCUT2D eigenvalue weighted by atomic mass is 32.1. The van der Waals surface area contributed by atoms with E-state index in [0.717, 1.165) is 43.0 Å². The van der Waals surface area contributed by atoms with Crippen LogP contribution in [0.15, 0.2) is 5.51 Å². The van der Waals surface area contributed by atoms with E-state index in [0.29, 0.717) is 5.92 Å². The minimum atomic E-state index is -0.0828. The molecule has 2 heterocycles. The van der Waals surface area contributed by atoms with Gasteiger partial charge in [0.1, 0.15) is 4.88 Å². The average molecular weight is 281 g/mol. The predicted octanol–water partition coefficient (Wildman–Crippen LogP) is 2.25. The Kier molecular flexibility index (Phi) is 4.26. The molecule has 1 fully saturated rings. The van der Waals surface area contributed by atoms with Crippen LogP contribution in [-0.4, -0.2) is 35.4 Å². The number of thiazole rings is 1. The van der Waals surface area contributed by atoms with Crippen LogP contribution < -0.4 is 5.73 Å². The van der Waals surface area contributed by atoms with E-state index in [-0.39, 0.29) is 11.3 Å². The lowest BCUT2D eigenvalue weighted by molar-refractivity contribution is 0.0695. The first kappa shape index (κ1) is 14.5. The van der Waals surface area contributed by atoms with Gasteiger partial charge in [-0.15, -0.1) is 11.3 Å². The third kappa shape index (κ3) is 3.15. The third-order valence-electron chi connectivity index (χ3n) is 3.71. The summed E-state index contributed by atoms with van der Waals surface area (Å²) in [5.74, 6) is 0.718. The summed E-state index contributed by atoms with van der Waals surface area (Å²) in [6, 6.07) is 0. The molecule has 1 aromatic heterocycles. The Hall–Kier alpha value is -0.940. The molecular formula is C14H23N3OS. The average Bonchev–Trinajstić information content (AvgIpc) is 2.87. The highest BCUT2D eigenvalue weighted by molar-refractivity contribution is 7.11. The van der Waals surface area contributed by atoms with Crippen LogP contribution >= 0.6 is 11.3 Å². The van der Waals surface area contributed by atoms with Crippen LogP contribution in [-0.2, 0) is 5.41 Å². The quantitative estimate of drug-likeness (QED) is 0.904. The Balaban J connectivity index is 2.11. The number of likely N-dealkylation sites (tertiary alicyclic amines) is 1. The Labute approximate surface area is 119 Å². The van der Waals surface area contributed by atoms with Crippen molar-refractivity contribution in [3.8, 4) is 0 Å². The number of nitrogens with two attached hydrogens (primary N) is 1. The van der Waals surface area contributed by atoms with E-state index in [2.05, 4.69) is 25.8 Å². The van der Waals surface area contributed by atoms with E-state index in [1.807, 2.05) is 4.90 Å². The number of carbonyl (C=O) groups excluding carboxylic acids is 1. The van der Waals surface area contributed by atoms with Gasteiger partial charge < -0.3 is 10.6 Å². The molecule has 5 heteroatoms. The minimum Gasteiger partial charge on any atom is -0.338 e. The fourth-order valence-electron chi connectivity index (χ4n) is 2.45. The second kappa shape index (κ2) is 5.59. The molecule has 0 bridgehead atoms. The number of hydrogen-bond donors (Lipinski definition) is 1. The fraction of sp³-hybridized carbons (Fsp3) is 0.714. The van der Waals surface area contributed by atoms with Crippen molar-refractivity contribution in [2.75, 3.05) is 19.6 Å². The van der Waals surface area contributed by atoms with Gasteiger partial charge in [-0.2, -0.15) is 0 Å². The van der Waals surface area contributed by atoms with Crippen molar-refractivity contribution in [3.63, 3.8) is 0 Å². The van der Waals surface area contributed by atoms with Gasteiger partial charge in [0, 0.05) is 18.5 Å². The number of aromatic nitrogens is 1. The van der Waals surface area contributed by atoms with E-state index >= 15 is 0 Å². The number of amides is 1. The Morgan fingerprint density at radius 1 is 1.47 bits per heavy atom. The predicted molar refractivity (Wildman–Crippen MR) is 78.5 cm³/mol. The SMILES string of the molecule is CC(C)(C)c1ncsc1C(=O)N1CCC(CN)CC1. The summed E-state index contributed by atoms with van der Waals surface area (Å²) < 4.78 is 0. The second-order valence-corrected chi connectivity index (χ2v) is 7.11. The van der Waals surface area contributed by atoms with Gasteiger partial charge in [0.25, 0.3) is 5.91 Å². The minimum absolute atomic E-state index is 0.0828. The van der Waals surface area contributed by atoms with Crippen LogP contribution in [0, 0.1) is 5.92 Å². The first-order valence-corrected chi connectivity index (χ1v) is 7.74. The summed E-state index contributed by atoms with van der Waals surface area (Å²) in [6.45, 7) is 8.67. The molecule has 1 amide bonds. The highest BCUT2D eigenvalue weighted by Crippen LogP contribution is 2.29. The summed E-state index contributed by atoms with van der Waals surface area (Å²) in [5, 5.41) is 0. The molecular weight excluding hydrogens is 258 g/mol. The van der Waals surface area contributed by atoms with E-state index in [1.54, 1.807) is 5.51 Å². The van der Waals surface area contributed by atoms with Crippen LogP contribution in [0.4, 0.5) is 0 Å². The largest absolute Gasteiger partial charge is 0.338 e. The van der Waals surface area contributed by atoms with Crippen LogP contribution in [0.5, 0.6) is 0 Å². The van der Waals surface area contributed by atoms with Gasteiger partial charge in [0.05, 0.1) is 11.2 Å². The van der Waals surface area contributed by atoms with Crippen molar-refractivity contribution in [3.05, 3.63) is 16.1 Å². The molecule has 0 aromatic carbocycles. The number of carbonyl (C=O) groups is 1. The molecule has 0 saturated carbocycles. The van der Waals surface area contributed by atoms with Crippen molar-refractivity contribution in [1.82, 2.24) is 9.88 Å². The molecule has 2 N–H and O–H groups in total. The zero-order valence-corrected chi connectivity index (χ0v) is 12.8. The molecule has 0 atom stereocenters. The van der Waals surface area contributed by atoms with E-state index in [9.17, 15) is 4.79 Å². The molecule has 1 aromatic rings. The first-order chi connectivity index (χ1) is 8.93. The molecule has 0 aliphatic carbocycles. The van der Waals surface area contributed by atoms with Crippen LogP contribution in [0.1, 0.15) is 49.0 Å². The molecule has 1 aliphatic rings. The Morgan fingerprint density at radius 3 is 2.63 bits per heavy atom. The molecule has 106 valence electrons. The van der Waals surface area contributed by atoms with E-state index in [4.69, 9.17) is 5.73 Å². The van der Waals surface area contributed by atoms with Gasteiger partial charge >= 0.3 is 0 Å². The smallest absolute Gasteiger partial charge is 0.265 e. The number of hydrogen-bond acceptors (Lipinski definition) is 4. The molecule has 0 unspecified atom stereocenters. The third-order valence-corrected chi connectivity index (χ3v) is 4.52. The normalized spacial score (nSPS) is 17.8. The van der Waals surface area contributed by atoms with Gasteiger partial charge in [-0.05, 0) is 25.3 Å². The number of rotatable bonds is 2. The lowest BCUT2D eigenvalue weighted by atomic mass is 9.90. The lowest BCUT2D eigenvalue weighted by Crippen LogP contribution is -2.40. The monoisotopic (exact) mass is 281 g/mol. The summed E-state index contributed by atoms with van der Waals surface area (Å²) in [4.78, 5) is 19.7. The van der Waals surface area contributed by atoms with Crippen molar-refractivity contribution in [2.45, 2.75) is 39.0 Å². The molecule has 0 spiro atoms. The van der Waals surface area contributed by atoms with Crippen LogP contribution in [0.25, 0.3) is 0 Å². The van der Waals surface area contributed by atoms with Crippen molar-refractivity contribution in [1.29, 1.82) is 0 Å². The number of nitrogens with zero attached hydrogens (tertiary/aromatic N) is 2. The summed E-state index contributed by atoms with van der Waals surface area (Å²) >= 11 is 1.46. The van der Waals surface area contributed by atoms with E-state index < -0.39 is 0 Å². The molecule has 19 heavy (non-hydrogen) atoms. The van der Waals surface area contributed by atoms with Crippen molar-refractivity contribution in [2.24, 2.45) is 11.7 Å². The fourth-order valence-corrected chi connectivity index (χ4v) is 3.41. The van der Waals surface area contributed by atoms with Gasteiger partial charge in [0.15, 0.2) is 0 Å². The van der Waals surface area contributed by atoms with Gasteiger partial charge in [-0.25, -0.2) is 4.98 Å². The highest BCUT2D eigenvalue weighted by Gasteiger charge is 2.29. The Morgan fingerprint density at radius 2 is 2.11 bits per heavy atom. The number of piperidine rings is 1. The molecule has 0 radical (unpaired) electrons. The summed E-state index contributed by atoms with van der Waals surface area (Å²) in [7, 11) is 0. The first-order valence-electron chi connectivity index (χ1n) is 6.86. The standard InChI is InChI=1S/C14H23N3OS/c1-14(2,3)12-11(19-9-16-12)13(18)17-6-4-10(8-15)5-7-17/h9-10H,4-8,15H2,1-3H3. The molecule has 4 nitrogen and oxygen atoms in total. The maximum atomic E-state index is 12.6.